The molecule has 0 heterocycles. The van der Waals surface area contributed by atoms with Gasteiger partial charge in [0.05, 0.1) is 12.7 Å². The normalized spacial score (nSPS) is 11.2. The number of methoxy groups -OCH3 is 1. The Hall–Kier alpha value is -2.03. The summed E-state index contributed by atoms with van der Waals surface area (Å²) in [4.78, 5) is 11.8. The van der Waals surface area contributed by atoms with Gasteiger partial charge < -0.3 is 9.84 Å². The fourth-order valence-corrected chi connectivity index (χ4v) is 1.44. The summed E-state index contributed by atoms with van der Waals surface area (Å²) in [5.41, 5.74) is 1.09. The zero-order chi connectivity index (χ0) is 12.8. The van der Waals surface area contributed by atoms with E-state index in [1.807, 2.05) is 19.9 Å². The monoisotopic (exact) mass is 232 g/mol. The van der Waals surface area contributed by atoms with Crippen molar-refractivity contribution in [3.05, 3.63) is 47.6 Å². The maximum atomic E-state index is 11.8. The number of benzene rings is 1. The zero-order valence-electron chi connectivity index (χ0n) is 10.2. The number of phenolic OH excluding ortho intramolecular Hbond substituents is 1. The lowest BCUT2D eigenvalue weighted by Crippen LogP contribution is -1.97. The Morgan fingerprint density at radius 2 is 2.06 bits per heavy atom. The highest BCUT2D eigenvalue weighted by Crippen LogP contribution is 2.28. The number of phenols is 1. The summed E-state index contributed by atoms with van der Waals surface area (Å²) in [6, 6.07) is 3.07. The molecule has 0 saturated heterocycles. The van der Waals surface area contributed by atoms with Gasteiger partial charge in [-0.25, -0.2) is 0 Å². The molecule has 17 heavy (non-hydrogen) atoms. The van der Waals surface area contributed by atoms with E-state index in [1.165, 1.54) is 19.3 Å². The van der Waals surface area contributed by atoms with E-state index < -0.39 is 0 Å². The van der Waals surface area contributed by atoms with Crippen LogP contribution in [0.1, 0.15) is 22.8 Å². The topological polar surface area (TPSA) is 46.5 Å². The Labute approximate surface area is 101 Å². The number of allylic oxidation sites excluding steroid dienone is 4. The van der Waals surface area contributed by atoms with Crippen LogP contribution in [0.4, 0.5) is 0 Å². The van der Waals surface area contributed by atoms with Gasteiger partial charge in [-0.15, -0.1) is 0 Å². The standard InChI is InChI=1S/C14H16O3/c1-4-5-6-7-12(15)11-8-10(2)14(17-3)9-13(11)16/h4-9,16H,1-3H3/b5-4+,7-6+. The van der Waals surface area contributed by atoms with Gasteiger partial charge in [-0.2, -0.15) is 0 Å². The number of hydrogen-bond acceptors (Lipinski definition) is 3. The number of rotatable bonds is 4. The molecule has 1 rings (SSSR count). The highest BCUT2D eigenvalue weighted by molar-refractivity contribution is 6.06. The lowest BCUT2D eigenvalue weighted by molar-refractivity contribution is 0.104. The fourth-order valence-electron chi connectivity index (χ4n) is 1.44. The van der Waals surface area contributed by atoms with Crippen molar-refractivity contribution in [1.82, 2.24) is 0 Å². The molecule has 0 aliphatic heterocycles. The van der Waals surface area contributed by atoms with Gasteiger partial charge in [0, 0.05) is 6.07 Å². The van der Waals surface area contributed by atoms with E-state index in [0.29, 0.717) is 5.75 Å². The van der Waals surface area contributed by atoms with E-state index in [2.05, 4.69) is 0 Å². The predicted molar refractivity (Wildman–Crippen MR) is 67.7 cm³/mol. The number of aromatic hydroxyl groups is 1. The molecule has 0 aliphatic rings. The number of hydrogen-bond donors (Lipinski definition) is 1. The number of carbonyl (C=O) groups excluding carboxylic acids is 1. The zero-order valence-corrected chi connectivity index (χ0v) is 10.2. The molecular weight excluding hydrogens is 216 g/mol. The molecule has 0 saturated carbocycles. The molecule has 90 valence electrons. The van der Waals surface area contributed by atoms with Crippen molar-refractivity contribution in [1.29, 1.82) is 0 Å². The number of aryl methyl sites for hydroxylation is 1. The average molecular weight is 232 g/mol. The van der Waals surface area contributed by atoms with Gasteiger partial charge in [0.15, 0.2) is 5.78 Å². The van der Waals surface area contributed by atoms with Crippen LogP contribution in [0.15, 0.2) is 36.4 Å². The number of ketones is 1. The first-order valence-corrected chi connectivity index (χ1v) is 5.31. The Bertz CT molecular complexity index is 471. The molecule has 0 bridgehead atoms. The van der Waals surface area contributed by atoms with Crippen LogP contribution in [0.25, 0.3) is 0 Å². The quantitative estimate of drug-likeness (QED) is 0.493. The van der Waals surface area contributed by atoms with Crippen molar-refractivity contribution < 1.29 is 14.6 Å². The summed E-state index contributed by atoms with van der Waals surface area (Å²) < 4.78 is 5.06. The summed E-state index contributed by atoms with van der Waals surface area (Å²) in [5, 5.41) is 9.72. The molecule has 0 atom stereocenters. The summed E-state index contributed by atoms with van der Waals surface area (Å²) in [6.07, 6.45) is 6.64. The minimum atomic E-state index is -0.230. The molecule has 0 unspecified atom stereocenters. The van der Waals surface area contributed by atoms with Crippen LogP contribution in [0.3, 0.4) is 0 Å². The Morgan fingerprint density at radius 3 is 2.65 bits per heavy atom. The van der Waals surface area contributed by atoms with Gasteiger partial charge in [-0.1, -0.05) is 18.2 Å². The van der Waals surface area contributed by atoms with Crippen LogP contribution >= 0.6 is 0 Å². The van der Waals surface area contributed by atoms with Crippen LogP contribution in [0, 0.1) is 6.92 Å². The third kappa shape index (κ3) is 3.21. The predicted octanol–water partition coefficient (Wildman–Crippen LogP) is 3.02. The summed E-state index contributed by atoms with van der Waals surface area (Å²) in [5.74, 6) is 0.269. The second-order valence-corrected chi connectivity index (χ2v) is 3.59. The molecule has 0 aliphatic carbocycles. The van der Waals surface area contributed by atoms with Gasteiger partial charge in [-0.3, -0.25) is 4.79 Å². The average Bonchev–Trinajstić information content (AvgIpc) is 2.31. The van der Waals surface area contributed by atoms with Crippen molar-refractivity contribution in [3.8, 4) is 11.5 Å². The van der Waals surface area contributed by atoms with Crippen molar-refractivity contribution in [2.75, 3.05) is 7.11 Å². The van der Waals surface area contributed by atoms with E-state index in [9.17, 15) is 9.90 Å². The van der Waals surface area contributed by atoms with E-state index in [1.54, 1.807) is 18.2 Å². The van der Waals surface area contributed by atoms with Crippen LogP contribution < -0.4 is 4.74 Å². The Kier molecular flexibility index (Phi) is 4.52. The first-order chi connectivity index (χ1) is 8.10. The molecule has 3 nitrogen and oxygen atoms in total. The maximum Gasteiger partial charge on any atom is 0.189 e. The van der Waals surface area contributed by atoms with E-state index in [4.69, 9.17) is 4.74 Å². The Balaban J connectivity index is 3.06. The van der Waals surface area contributed by atoms with Gasteiger partial charge in [0.2, 0.25) is 0 Å². The van der Waals surface area contributed by atoms with Crippen LogP contribution in [-0.2, 0) is 0 Å². The molecule has 0 radical (unpaired) electrons. The summed E-state index contributed by atoms with van der Waals surface area (Å²) in [6.45, 7) is 3.69. The molecule has 0 fully saturated rings. The minimum Gasteiger partial charge on any atom is -0.507 e. The largest absolute Gasteiger partial charge is 0.507 e. The van der Waals surface area contributed by atoms with Crippen molar-refractivity contribution in [2.24, 2.45) is 0 Å². The van der Waals surface area contributed by atoms with Gasteiger partial charge >= 0.3 is 0 Å². The second kappa shape index (κ2) is 5.89. The first-order valence-electron chi connectivity index (χ1n) is 5.31. The van der Waals surface area contributed by atoms with Crippen molar-refractivity contribution in [2.45, 2.75) is 13.8 Å². The molecule has 3 heteroatoms. The number of ether oxygens (including phenoxy) is 1. The summed E-state index contributed by atoms with van der Waals surface area (Å²) >= 11 is 0. The molecule has 0 amide bonds. The summed E-state index contributed by atoms with van der Waals surface area (Å²) in [7, 11) is 1.52. The molecule has 0 spiro atoms. The Morgan fingerprint density at radius 1 is 1.35 bits per heavy atom. The smallest absolute Gasteiger partial charge is 0.189 e. The van der Waals surface area contributed by atoms with Crippen LogP contribution in [0.5, 0.6) is 11.5 Å². The first kappa shape index (κ1) is 13.0. The van der Waals surface area contributed by atoms with E-state index >= 15 is 0 Å². The maximum absolute atomic E-state index is 11.8. The number of carbonyl (C=O) groups is 1. The highest BCUT2D eigenvalue weighted by atomic mass is 16.5. The molecule has 1 aromatic carbocycles. The third-order valence-electron chi connectivity index (χ3n) is 2.33. The van der Waals surface area contributed by atoms with Crippen LogP contribution in [0.2, 0.25) is 0 Å². The highest BCUT2D eigenvalue weighted by Gasteiger charge is 2.11. The lowest BCUT2D eigenvalue weighted by atomic mass is 10.1. The van der Waals surface area contributed by atoms with Crippen molar-refractivity contribution >= 4 is 5.78 Å². The van der Waals surface area contributed by atoms with Gasteiger partial charge in [0.25, 0.3) is 0 Å². The van der Waals surface area contributed by atoms with Crippen LogP contribution in [-0.4, -0.2) is 18.0 Å². The van der Waals surface area contributed by atoms with Gasteiger partial charge in [0.1, 0.15) is 11.5 Å². The van der Waals surface area contributed by atoms with Crippen molar-refractivity contribution in [3.63, 3.8) is 0 Å². The second-order valence-electron chi connectivity index (χ2n) is 3.59. The SMILES string of the molecule is C/C=C/C=C/C(=O)c1cc(C)c(OC)cc1O. The molecule has 1 aromatic rings. The minimum absolute atomic E-state index is 0.0671. The molecular formula is C14H16O3. The van der Waals surface area contributed by atoms with E-state index in [-0.39, 0.29) is 17.1 Å². The molecule has 0 aromatic heterocycles. The van der Waals surface area contributed by atoms with Gasteiger partial charge in [-0.05, 0) is 31.6 Å². The molecule has 1 N–H and O–H groups in total. The third-order valence-corrected chi connectivity index (χ3v) is 2.33. The fraction of sp³-hybridized carbons (Fsp3) is 0.214. The van der Waals surface area contributed by atoms with E-state index in [0.717, 1.165) is 5.56 Å². The lowest BCUT2D eigenvalue weighted by Gasteiger charge is -2.07.